The average Bonchev–Trinajstić information content (AvgIpc) is 3.91. The molecule has 0 unspecified atom stereocenters. The van der Waals surface area contributed by atoms with Crippen molar-refractivity contribution in [2.75, 3.05) is 4.90 Å². The van der Waals surface area contributed by atoms with E-state index < -0.39 is 0 Å². The number of para-hydroxylation sites is 2. The van der Waals surface area contributed by atoms with E-state index in [0.29, 0.717) is 29.0 Å². The molecule has 0 amide bonds. The fourth-order valence-corrected chi connectivity index (χ4v) is 10.1. The maximum atomic E-state index is 7.22. The Morgan fingerprint density at radius 2 is 1.17 bits per heavy atom. The molecule has 11 aromatic rings. The first-order valence-electron chi connectivity index (χ1n) is 23.0. The summed E-state index contributed by atoms with van der Waals surface area (Å²) in [7, 11) is 0. The van der Waals surface area contributed by atoms with Crippen LogP contribution in [0, 0.1) is 53.7 Å². The Morgan fingerprint density at radius 1 is 0.522 bits per heavy atom. The van der Waals surface area contributed by atoms with Crippen molar-refractivity contribution in [1.82, 2.24) is 23.9 Å². The molecule has 4 aromatic heterocycles. The van der Waals surface area contributed by atoms with E-state index >= 15 is 0 Å². The Balaban J connectivity index is 0.00000520. The third-order valence-electron chi connectivity index (χ3n) is 13.4. The number of imidazole rings is 2. The van der Waals surface area contributed by atoms with Gasteiger partial charge in [0.2, 0.25) is 0 Å². The zero-order valence-electron chi connectivity index (χ0n) is 39.1. The topological polar surface area (TPSA) is 60.5 Å². The minimum atomic E-state index is 0. The molecule has 0 aliphatic carbocycles. The fourth-order valence-electron chi connectivity index (χ4n) is 10.1. The van der Waals surface area contributed by atoms with Crippen LogP contribution >= 0.6 is 0 Å². The second-order valence-electron chi connectivity index (χ2n) is 17.9. The Morgan fingerprint density at radius 3 is 1.88 bits per heavy atom. The van der Waals surface area contributed by atoms with Crippen LogP contribution in [0.4, 0.5) is 17.3 Å². The molecule has 0 spiro atoms. The molecule has 8 bridgehead atoms. The maximum absolute atomic E-state index is 7.22. The molecule has 0 radical (unpaired) electrons. The summed E-state index contributed by atoms with van der Waals surface area (Å²) in [5.41, 5.74) is 18.2. The molecule has 0 N–H and O–H groups in total. The summed E-state index contributed by atoms with van der Waals surface area (Å²) in [5.74, 6) is 3.16. The molecule has 69 heavy (non-hydrogen) atoms. The van der Waals surface area contributed by atoms with Crippen LogP contribution in [0.3, 0.4) is 0 Å². The number of hydrogen-bond donors (Lipinski definition) is 0. The average molecular weight is 1070 g/mol. The summed E-state index contributed by atoms with van der Waals surface area (Å²) in [4.78, 5) is 18.6. The van der Waals surface area contributed by atoms with Crippen LogP contribution in [0.25, 0.3) is 78.1 Å². The van der Waals surface area contributed by atoms with Gasteiger partial charge in [-0.1, -0.05) is 150 Å². The predicted molar refractivity (Wildman–Crippen MR) is 276 cm³/mol. The van der Waals surface area contributed by atoms with Gasteiger partial charge in [-0.3, -0.25) is 14.9 Å². The van der Waals surface area contributed by atoms with E-state index in [1.165, 1.54) is 11.1 Å². The summed E-state index contributed by atoms with van der Waals surface area (Å²) < 4.78 is 11.6. The van der Waals surface area contributed by atoms with Crippen LogP contribution in [0.1, 0.15) is 33.6 Å². The van der Waals surface area contributed by atoms with Crippen LogP contribution in [0.15, 0.2) is 170 Å². The molecule has 1 aliphatic rings. The van der Waals surface area contributed by atoms with Crippen LogP contribution in [0.5, 0.6) is 11.5 Å². The zero-order valence-corrected chi connectivity index (χ0v) is 41.3. The number of fused-ring (bicyclic) bond motifs is 14. The van der Waals surface area contributed by atoms with Gasteiger partial charge in [-0.2, -0.15) is 0 Å². The standard InChI is InChI=1S/C61H46N6O.Pt/c1-37-17-15-18-38(2)58(37)45-29-47-31-49(30-45)68-55-34-44(32-52-51(55)27-28-65-42(6)41(5)62-61(52)65)53-33-46(59-39(3)19-16-20-40(59)4)35-56(63-53)67(48-23-11-8-12-24-48)57-36-66(60(47)64-57)54-26-14-13-25-50(54)43-21-9-7-10-22-43;/h7-30,32-33,35-36H,1-6H3;/q-2;+2. The summed E-state index contributed by atoms with van der Waals surface area (Å²) in [6.45, 7) is 12.8. The quantitative estimate of drug-likeness (QED) is 0.161. The summed E-state index contributed by atoms with van der Waals surface area (Å²) in [5, 5.41) is 1.81. The first-order valence-corrected chi connectivity index (χ1v) is 23.0. The van der Waals surface area contributed by atoms with E-state index in [1.807, 2.05) is 6.07 Å². The second-order valence-corrected chi connectivity index (χ2v) is 17.9. The number of aryl methyl sites for hydroxylation is 6. The molecule has 336 valence electrons. The van der Waals surface area contributed by atoms with Gasteiger partial charge >= 0.3 is 21.1 Å². The minimum absolute atomic E-state index is 0. The molecule has 7 nitrogen and oxygen atoms in total. The number of hydrogen-bond acceptors (Lipinski definition) is 5. The van der Waals surface area contributed by atoms with Crippen molar-refractivity contribution < 1.29 is 25.8 Å². The number of aromatic nitrogens is 5. The van der Waals surface area contributed by atoms with E-state index in [9.17, 15) is 0 Å². The monoisotopic (exact) mass is 1070 g/mol. The van der Waals surface area contributed by atoms with E-state index in [1.54, 1.807) is 0 Å². The molecule has 12 rings (SSSR count). The second kappa shape index (κ2) is 17.3. The number of benzene rings is 7. The van der Waals surface area contributed by atoms with Gasteiger partial charge in [-0.25, -0.2) is 4.98 Å². The maximum Gasteiger partial charge on any atom is 2.00 e. The molecule has 0 saturated heterocycles. The Kier molecular flexibility index (Phi) is 11.0. The van der Waals surface area contributed by atoms with Gasteiger partial charge in [-0.15, -0.1) is 23.3 Å². The zero-order chi connectivity index (χ0) is 46.2. The largest absolute Gasteiger partial charge is 2.00 e. The minimum Gasteiger partial charge on any atom is -0.496 e. The van der Waals surface area contributed by atoms with E-state index in [-0.39, 0.29) is 21.1 Å². The van der Waals surface area contributed by atoms with Crippen molar-refractivity contribution in [2.45, 2.75) is 41.5 Å². The van der Waals surface area contributed by atoms with E-state index in [2.05, 4.69) is 232 Å². The van der Waals surface area contributed by atoms with Crippen molar-refractivity contribution in [3.63, 3.8) is 0 Å². The first-order chi connectivity index (χ1) is 33.2. The van der Waals surface area contributed by atoms with Gasteiger partial charge in [0.15, 0.2) is 0 Å². The van der Waals surface area contributed by atoms with Crippen molar-refractivity contribution in [3.05, 3.63) is 216 Å². The molecule has 8 heteroatoms. The van der Waals surface area contributed by atoms with Crippen LogP contribution in [-0.4, -0.2) is 23.9 Å². The van der Waals surface area contributed by atoms with Crippen LogP contribution in [-0.2, 0) is 21.1 Å². The number of ether oxygens (including phenoxy) is 1. The van der Waals surface area contributed by atoms with Crippen molar-refractivity contribution in [3.8, 4) is 73.2 Å². The summed E-state index contributed by atoms with van der Waals surface area (Å²) in [6, 6.07) is 62.8. The molecular formula is C61H46N6OPt. The number of nitrogens with zero attached hydrogens (tertiary/aromatic N) is 6. The number of pyridine rings is 2. The van der Waals surface area contributed by atoms with Gasteiger partial charge in [-0.05, 0) is 116 Å². The Hall–Kier alpha value is -7.86. The van der Waals surface area contributed by atoms with E-state index in [0.717, 1.165) is 101 Å². The molecule has 7 aromatic carbocycles. The third-order valence-corrected chi connectivity index (χ3v) is 13.4. The molecule has 1 aliphatic heterocycles. The SMILES string of the molecule is Cc1cccc(C)c1-c1cc2[c-]c(c1)-c1nc(cn1-c1ccccc1-c1ccccc1)N(c1ccccc1)c1cc(-c3c(C)cccc3C)cc(n1)-c1[c-]c(c3ccn4c(C)c(C)nc4c3c1)O2.[Pt+2]. The Bertz CT molecular complexity index is 3760. The van der Waals surface area contributed by atoms with Gasteiger partial charge < -0.3 is 13.7 Å². The molecule has 5 heterocycles. The van der Waals surface area contributed by atoms with Gasteiger partial charge in [0.05, 0.1) is 17.3 Å². The molecule has 0 atom stereocenters. The normalized spacial score (nSPS) is 11.9. The summed E-state index contributed by atoms with van der Waals surface area (Å²) >= 11 is 0. The first kappa shape index (κ1) is 43.7. The fraction of sp³-hybridized carbons (Fsp3) is 0.0984. The third kappa shape index (κ3) is 7.54. The Labute approximate surface area is 416 Å². The van der Waals surface area contributed by atoms with Crippen molar-refractivity contribution in [2.24, 2.45) is 0 Å². The number of anilines is 3. The van der Waals surface area contributed by atoms with E-state index in [4.69, 9.17) is 19.7 Å². The van der Waals surface area contributed by atoms with Gasteiger partial charge in [0, 0.05) is 40.8 Å². The smallest absolute Gasteiger partial charge is 0.496 e. The van der Waals surface area contributed by atoms with Gasteiger partial charge in [0.1, 0.15) is 17.3 Å². The molecule has 0 saturated carbocycles. The van der Waals surface area contributed by atoms with Crippen LogP contribution in [0.2, 0.25) is 0 Å². The van der Waals surface area contributed by atoms with Crippen molar-refractivity contribution >= 4 is 33.7 Å². The number of rotatable bonds is 5. The summed E-state index contributed by atoms with van der Waals surface area (Å²) in [6.07, 6.45) is 4.21. The molecule has 0 fully saturated rings. The van der Waals surface area contributed by atoms with Gasteiger partial charge in [0.25, 0.3) is 0 Å². The van der Waals surface area contributed by atoms with Crippen molar-refractivity contribution in [1.29, 1.82) is 0 Å². The molecular weight excluding hydrogens is 1030 g/mol. The predicted octanol–water partition coefficient (Wildman–Crippen LogP) is 15.4. The van der Waals surface area contributed by atoms with Crippen LogP contribution < -0.4 is 9.64 Å².